The highest BCUT2D eigenvalue weighted by atomic mass is 32.2. The van der Waals surface area contributed by atoms with Gasteiger partial charge in [-0.2, -0.15) is 30.7 Å². The minimum Gasteiger partial charge on any atom is -0.303 e. The van der Waals surface area contributed by atoms with Gasteiger partial charge in [0.2, 0.25) is 22.2 Å². The molecule has 18 heavy (non-hydrogen) atoms. The Hall–Kier alpha value is -0.340. The van der Waals surface area contributed by atoms with E-state index in [-0.39, 0.29) is 0 Å². The first-order valence-corrected chi connectivity index (χ1v) is 5.58. The van der Waals surface area contributed by atoms with E-state index < -0.39 is 44.5 Å². The molecule has 3 atom stereocenters. The van der Waals surface area contributed by atoms with Gasteiger partial charge in [0.15, 0.2) is 0 Å². The molecule has 0 amide bonds. The van der Waals surface area contributed by atoms with Gasteiger partial charge < -0.3 is 9.11 Å². The molecule has 3 unspecified atom stereocenters. The van der Waals surface area contributed by atoms with Gasteiger partial charge in [-0.15, -0.1) is 0 Å². The number of hydrogen-bond donors (Lipinski definition) is 2. The molecule has 14 heteroatoms. The SMILES string of the molecule is O=S(O)C(F)(F)C(F)(F)C(F)(S(=O)O)C(F)(F)F. The van der Waals surface area contributed by atoms with Gasteiger partial charge in [0.25, 0.3) is 0 Å². The molecule has 0 fully saturated rings. The molecular weight excluding hydrogens is 328 g/mol. The van der Waals surface area contributed by atoms with Crippen LogP contribution in [0, 0.1) is 0 Å². The van der Waals surface area contributed by atoms with Crippen LogP contribution in [0.1, 0.15) is 0 Å². The highest BCUT2D eigenvalue weighted by molar-refractivity contribution is 7.81. The first-order chi connectivity index (χ1) is 7.64. The summed E-state index contributed by atoms with van der Waals surface area (Å²) in [6, 6.07) is 0. The summed E-state index contributed by atoms with van der Waals surface area (Å²) in [6.45, 7) is 0. The van der Waals surface area contributed by atoms with E-state index in [4.69, 9.17) is 9.11 Å². The zero-order valence-corrected chi connectivity index (χ0v) is 9.18. The molecule has 0 spiro atoms. The first-order valence-electron chi connectivity index (χ1n) is 3.37. The van der Waals surface area contributed by atoms with Crippen LogP contribution in [-0.4, -0.2) is 39.9 Å². The van der Waals surface area contributed by atoms with Crippen molar-refractivity contribution >= 4 is 22.2 Å². The molecule has 0 saturated carbocycles. The van der Waals surface area contributed by atoms with E-state index in [1.807, 2.05) is 0 Å². The van der Waals surface area contributed by atoms with Crippen molar-refractivity contribution in [3.63, 3.8) is 0 Å². The molecule has 0 saturated heterocycles. The Morgan fingerprint density at radius 1 is 0.722 bits per heavy atom. The predicted octanol–water partition coefficient (Wildman–Crippen LogP) is 1.89. The highest BCUT2D eigenvalue weighted by Gasteiger charge is 2.85. The summed E-state index contributed by atoms with van der Waals surface area (Å²) >= 11 is -10.1. The summed E-state index contributed by atoms with van der Waals surface area (Å²) in [5.41, 5.74) is 0. The summed E-state index contributed by atoms with van der Waals surface area (Å²) in [7, 11) is 0. The Balaban J connectivity index is 6.12. The number of halogens is 8. The van der Waals surface area contributed by atoms with Gasteiger partial charge in [0, 0.05) is 0 Å². The quantitative estimate of drug-likeness (QED) is 0.610. The lowest BCUT2D eigenvalue weighted by Crippen LogP contribution is -2.66. The average molecular weight is 330 g/mol. The maximum atomic E-state index is 12.9. The minimum atomic E-state index is -6.95. The second-order valence-electron chi connectivity index (χ2n) is 2.68. The molecule has 0 aromatic rings. The molecule has 2 N–H and O–H groups in total. The second kappa shape index (κ2) is 4.64. The molecule has 0 radical (unpaired) electrons. The van der Waals surface area contributed by atoms with Crippen LogP contribution >= 0.6 is 0 Å². The molecule has 0 heterocycles. The van der Waals surface area contributed by atoms with Crippen molar-refractivity contribution in [2.75, 3.05) is 0 Å². The zero-order chi connectivity index (χ0) is 15.2. The molecular formula is C4H2F8O4S2. The third-order valence-corrected chi connectivity index (χ3v) is 3.26. The van der Waals surface area contributed by atoms with Crippen LogP contribution in [0.25, 0.3) is 0 Å². The highest BCUT2D eigenvalue weighted by Crippen LogP contribution is 2.54. The van der Waals surface area contributed by atoms with Gasteiger partial charge in [-0.25, -0.2) is 12.8 Å². The van der Waals surface area contributed by atoms with E-state index in [9.17, 15) is 43.5 Å². The normalized spacial score (nSPS) is 21.2. The molecule has 0 rings (SSSR count). The van der Waals surface area contributed by atoms with Gasteiger partial charge in [0.1, 0.15) is 0 Å². The first kappa shape index (κ1) is 17.7. The van der Waals surface area contributed by atoms with E-state index in [2.05, 4.69) is 0 Å². The van der Waals surface area contributed by atoms with Crippen molar-refractivity contribution in [2.45, 2.75) is 22.4 Å². The summed E-state index contributed by atoms with van der Waals surface area (Å²) in [5, 5.41) is -13.0. The fraction of sp³-hybridized carbons (Fsp3) is 1.00. The maximum absolute atomic E-state index is 12.9. The van der Waals surface area contributed by atoms with Crippen LogP contribution in [0.3, 0.4) is 0 Å². The van der Waals surface area contributed by atoms with Crippen molar-refractivity contribution in [1.82, 2.24) is 0 Å². The smallest absolute Gasteiger partial charge is 0.303 e. The van der Waals surface area contributed by atoms with Crippen LogP contribution in [0.2, 0.25) is 0 Å². The zero-order valence-electron chi connectivity index (χ0n) is 7.55. The van der Waals surface area contributed by atoms with E-state index in [0.29, 0.717) is 0 Å². The van der Waals surface area contributed by atoms with E-state index >= 15 is 0 Å². The largest absolute Gasteiger partial charge is 0.443 e. The Labute approximate surface area is 97.9 Å². The summed E-state index contributed by atoms with van der Waals surface area (Å²) in [4.78, 5) is 0. The standard InChI is InChI=1S/C4H2F8O4S2/c5-1(6,4(11,12)18(15)16)2(7,17(13)14)3(8,9)10/h(H,13,14)(H,15,16). The third-order valence-electron chi connectivity index (χ3n) is 1.59. The number of alkyl halides is 8. The second-order valence-corrected chi connectivity index (χ2v) is 4.75. The summed E-state index contributed by atoms with van der Waals surface area (Å²) in [6.07, 6.45) is -6.89. The molecule has 4 nitrogen and oxygen atoms in total. The van der Waals surface area contributed by atoms with E-state index in [1.165, 1.54) is 0 Å². The van der Waals surface area contributed by atoms with Crippen LogP contribution in [0.5, 0.6) is 0 Å². The number of rotatable bonds is 4. The molecule has 0 aromatic carbocycles. The molecule has 0 aliphatic rings. The fourth-order valence-electron chi connectivity index (χ4n) is 0.683. The van der Waals surface area contributed by atoms with Crippen LogP contribution in [-0.2, 0) is 22.2 Å². The van der Waals surface area contributed by atoms with E-state index in [0.717, 1.165) is 0 Å². The van der Waals surface area contributed by atoms with Crippen LogP contribution in [0.4, 0.5) is 35.1 Å². The molecule has 0 bridgehead atoms. The maximum Gasteiger partial charge on any atom is 0.443 e. The van der Waals surface area contributed by atoms with Crippen LogP contribution < -0.4 is 0 Å². The molecule has 0 aliphatic carbocycles. The lowest BCUT2D eigenvalue weighted by atomic mass is 10.2. The Morgan fingerprint density at radius 2 is 1.06 bits per heavy atom. The van der Waals surface area contributed by atoms with Crippen molar-refractivity contribution in [2.24, 2.45) is 0 Å². The van der Waals surface area contributed by atoms with Crippen molar-refractivity contribution in [1.29, 1.82) is 0 Å². The Bertz CT molecular complexity index is 380. The Kier molecular flexibility index (Phi) is 4.56. The Morgan fingerprint density at radius 3 is 1.22 bits per heavy atom. The van der Waals surface area contributed by atoms with Gasteiger partial charge in [-0.3, -0.25) is 0 Å². The monoisotopic (exact) mass is 330 g/mol. The van der Waals surface area contributed by atoms with Gasteiger partial charge in [-0.1, -0.05) is 0 Å². The van der Waals surface area contributed by atoms with Crippen molar-refractivity contribution < 1.29 is 52.6 Å². The van der Waals surface area contributed by atoms with E-state index in [1.54, 1.807) is 0 Å². The lowest BCUT2D eigenvalue weighted by Gasteiger charge is -2.34. The van der Waals surface area contributed by atoms with Crippen molar-refractivity contribution in [3.8, 4) is 0 Å². The predicted molar refractivity (Wildman–Crippen MR) is 41.3 cm³/mol. The average Bonchev–Trinajstić information content (AvgIpc) is 2.13. The van der Waals surface area contributed by atoms with Gasteiger partial charge >= 0.3 is 22.4 Å². The minimum absolute atomic E-state index is 4.91. The van der Waals surface area contributed by atoms with Gasteiger partial charge in [0.05, 0.1) is 0 Å². The number of hydrogen-bond acceptors (Lipinski definition) is 2. The fourth-order valence-corrected chi connectivity index (χ4v) is 1.65. The summed E-state index contributed by atoms with van der Waals surface area (Å²) < 4.78 is 134. The third kappa shape index (κ3) is 2.25. The molecule has 0 aromatic heterocycles. The molecule has 0 aliphatic heterocycles. The van der Waals surface area contributed by atoms with Gasteiger partial charge in [-0.05, 0) is 0 Å². The summed E-state index contributed by atoms with van der Waals surface area (Å²) in [5.74, 6) is -6.95. The topological polar surface area (TPSA) is 74.6 Å². The van der Waals surface area contributed by atoms with Crippen LogP contribution in [0.15, 0.2) is 0 Å². The van der Waals surface area contributed by atoms with Crippen molar-refractivity contribution in [3.05, 3.63) is 0 Å². The lowest BCUT2D eigenvalue weighted by molar-refractivity contribution is -0.302. The molecule has 110 valence electrons.